The first-order valence-electron chi connectivity index (χ1n) is 10.3. The zero-order chi connectivity index (χ0) is 20.5. The Morgan fingerprint density at radius 2 is 1.83 bits per heavy atom. The highest BCUT2D eigenvalue weighted by atomic mass is 16.5. The van der Waals surface area contributed by atoms with E-state index in [1.54, 1.807) is 7.11 Å². The largest absolute Gasteiger partial charge is 0.497 e. The number of hydrogen-bond donors (Lipinski definition) is 2. The number of anilines is 2. The number of carbonyl (C=O) groups is 1. The van der Waals surface area contributed by atoms with E-state index in [1.807, 2.05) is 48.5 Å². The molecule has 2 N–H and O–H groups in total. The van der Waals surface area contributed by atoms with Crippen LogP contribution in [0, 0.1) is 5.92 Å². The van der Waals surface area contributed by atoms with Crippen LogP contribution < -0.4 is 15.4 Å². The average molecular weight is 396 g/mol. The van der Waals surface area contributed by atoms with Crippen LogP contribution >= 0.6 is 0 Å². The van der Waals surface area contributed by atoms with Crippen LogP contribution in [0.25, 0.3) is 0 Å². The second kappa shape index (κ2) is 7.71. The van der Waals surface area contributed by atoms with Gasteiger partial charge in [0.25, 0.3) is 5.91 Å². The van der Waals surface area contributed by atoms with E-state index in [0.717, 1.165) is 23.5 Å². The summed E-state index contributed by atoms with van der Waals surface area (Å²) in [5.74, 6) is 1.57. The third kappa shape index (κ3) is 3.35. The van der Waals surface area contributed by atoms with Crippen LogP contribution in [-0.2, 0) is 0 Å². The molecule has 0 spiro atoms. The maximum absolute atomic E-state index is 12.5. The second-order valence-electron chi connectivity index (χ2n) is 7.87. The predicted octanol–water partition coefficient (Wildman–Crippen LogP) is 5.77. The lowest BCUT2D eigenvalue weighted by atomic mass is 9.77. The molecule has 3 aromatic carbocycles. The highest BCUT2D eigenvalue weighted by Crippen LogP contribution is 2.50. The van der Waals surface area contributed by atoms with Gasteiger partial charge in [-0.2, -0.15) is 0 Å². The molecule has 0 bridgehead atoms. The number of carbonyl (C=O) groups excluding carboxylic acids is 1. The number of fused-ring (bicyclic) bond motifs is 3. The topological polar surface area (TPSA) is 50.4 Å². The Labute approximate surface area is 176 Å². The first-order chi connectivity index (χ1) is 14.7. The van der Waals surface area contributed by atoms with Gasteiger partial charge in [-0.05, 0) is 65.9 Å². The minimum atomic E-state index is -0.0889. The fourth-order valence-corrected chi connectivity index (χ4v) is 4.61. The van der Waals surface area contributed by atoms with Gasteiger partial charge in [0, 0.05) is 22.9 Å². The lowest BCUT2D eigenvalue weighted by molar-refractivity contribution is 0.102. The molecule has 0 aromatic heterocycles. The van der Waals surface area contributed by atoms with Crippen molar-refractivity contribution < 1.29 is 9.53 Å². The van der Waals surface area contributed by atoms with Crippen LogP contribution in [0.15, 0.2) is 84.9 Å². The number of hydrogen-bond acceptors (Lipinski definition) is 3. The molecule has 0 radical (unpaired) electrons. The smallest absolute Gasteiger partial charge is 0.255 e. The zero-order valence-corrected chi connectivity index (χ0v) is 16.8. The summed E-state index contributed by atoms with van der Waals surface area (Å²) in [5.41, 5.74) is 5.12. The predicted molar refractivity (Wildman–Crippen MR) is 120 cm³/mol. The summed E-state index contributed by atoms with van der Waals surface area (Å²) < 4.78 is 5.31. The van der Waals surface area contributed by atoms with E-state index in [1.165, 1.54) is 11.1 Å². The van der Waals surface area contributed by atoms with Crippen molar-refractivity contribution in [2.75, 3.05) is 17.7 Å². The molecule has 1 aliphatic carbocycles. The molecule has 1 heterocycles. The van der Waals surface area contributed by atoms with Gasteiger partial charge in [0.15, 0.2) is 0 Å². The summed E-state index contributed by atoms with van der Waals surface area (Å²) in [4.78, 5) is 12.5. The van der Waals surface area contributed by atoms with Crippen LogP contribution in [0.5, 0.6) is 5.75 Å². The lowest BCUT2D eigenvalue weighted by Gasteiger charge is -2.37. The van der Waals surface area contributed by atoms with Gasteiger partial charge in [-0.1, -0.05) is 42.5 Å². The van der Waals surface area contributed by atoms with Gasteiger partial charge in [0.1, 0.15) is 5.75 Å². The van der Waals surface area contributed by atoms with Gasteiger partial charge in [-0.15, -0.1) is 0 Å². The van der Waals surface area contributed by atoms with Crippen LogP contribution in [-0.4, -0.2) is 13.0 Å². The Balaban J connectivity index is 1.42. The number of allylic oxidation sites excluding steroid dienone is 2. The molecule has 3 unspecified atom stereocenters. The monoisotopic (exact) mass is 396 g/mol. The van der Waals surface area contributed by atoms with E-state index in [9.17, 15) is 4.79 Å². The molecule has 3 aromatic rings. The SMILES string of the molecule is COc1ccc(C2Nc3ccc(NC(=O)c4ccccc4)cc3C3C=CCC32)cc1. The molecule has 150 valence electrons. The molecule has 3 atom stereocenters. The average Bonchev–Trinajstić information content (AvgIpc) is 3.30. The first kappa shape index (κ1) is 18.5. The highest BCUT2D eigenvalue weighted by molar-refractivity contribution is 6.04. The van der Waals surface area contributed by atoms with Crippen LogP contribution in [0.4, 0.5) is 11.4 Å². The van der Waals surface area contributed by atoms with E-state index < -0.39 is 0 Å². The molecule has 0 saturated carbocycles. The Morgan fingerprint density at radius 1 is 1.03 bits per heavy atom. The molecule has 30 heavy (non-hydrogen) atoms. The number of ether oxygens (including phenoxy) is 1. The minimum Gasteiger partial charge on any atom is -0.497 e. The van der Waals surface area contributed by atoms with E-state index in [2.05, 4.69) is 47.1 Å². The molecular formula is C26H24N2O2. The Bertz CT molecular complexity index is 1090. The summed E-state index contributed by atoms with van der Waals surface area (Å²) >= 11 is 0. The van der Waals surface area contributed by atoms with Crippen LogP contribution in [0.1, 0.15) is 39.9 Å². The van der Waals surface area contributed by atoms with E-state index in [4.69, 9.17) is 4.74 Å². The van der Waals surface area contributed by atoms with Gasteiger partial charge < -0.3 is 15.4 Å². The van der Waals surface area contributed by atoms with Crippen molar-refractivity contribution in [3.63, 3.8) is 0 Å². The third-order valence-corrected chi connectivity index (χ3v) is 6.13. The molecule has 0 saturated heterocycles. The lowest BCUT2D eigenvalue weighted by Crippen LogP contribution is -2.29. The van der Waals surface area contributed by atoms with Gasteiger partial charge in [-0.3, -0.25) is 4.79 Å². The third-order valence-electron chi connectivity index (χ3n) is 6.13. The Hall–Kier alpha value is -3.53. The second-order valence-corrected chi connectivity index (χ2v) is 7.87. The molecular weight excluding hydrogens is 372 g/mol. The molecule has 1 aliphatic heterocycles. The van der Waals surface area contributed by atoms with E-state index >= 15 is 0 Å². The van der Waals surface area contributed by atoms with Crippen molar-refractivity contribution in [2.45, 2.75) is 18.4 Å². The van der Waals surface area contributed by atoms with Crippen LogP contribution in [0.3, 0.4) is 0 Å². The maximum atomic E-state index is 12.5. The number of methoxy groups -OCH3 is 1. The zero-order valence-electron chi connectivity index (χ0n) is 16.8. The molecule has 5 rings (SSSR count). The quantitative estimate of drug-likeness (QED) is 0.550. The standard InChI is InChI=1S/C26H24N2O2/c1-30-20-13-10-17(11-14-20)25-22-9-5-8-21(22)23-16-19(12-15-24(23)28-25)27-26(29)18-6-3-2-4-7-18/h2-8,10-16,21-22,25,28H,9H2,1H3,(H,27,29). The van der Waals surface area contributed by atoms with Crippen molar-refractivity contribution in [3.8, 4) is 5.75 Å². The number of amides is 1. The first-order valence-corrected chi connectivity index (χ1v) is 10.3. The van der Waals surface area contributed by atoms with E-state index in [0.29, 0.717) is 17.4 Å². The molecule has 2 aliphatic rings. The van der Waals surface area contributed by atoms with Crippen molar-refractivity contribution in [1.82, 2.24) is 0 Å². The van der Waals surface area contributed by atoms with Gasteiger partial charge in [-0.25, -0.2) is 0 Å². The van der Waals surface area contributed by atoms with Crippen LogP contribution in [0.2, 0.25) is 0 Å². The van der Waals surface area contributed by atoms with Crippen molar-refractivity contribution in [2.24, 2.45) is 5.92 Å². The normalized spacial score (nSPS) is 21.3. The van der Waals surface area contributed by atoms with Crippen molar-refractivity contribution in [1.29, 1.82) is 0 Å². The maximum Gasteiger partial charge on any atom is 0.255 e. The summed E-state index contributed by atoms with van der Waals surface area (Å²) in [6, 6.07) is 24.0. The summed E-state index contributed by atoms with van der Waals surface area (Å²) in [7, 11) is 1.69. The van der Waals surface area contributed by atoms with Gasteiger partial charge in [0.05, 0.1) is 13.2 Å². The van der Waals surface area contributed by atoms with Crippen molar-refractivity contribution in [3.05, 3.63) is 102 Å². The fraction of sp³-hybridized carbons (Fsp3) is 0.192. The highest BCUT2D eigenvalue weighted by Gasteiger charge is 2.38. The number of benzene rings is 3. The summed E-state index contributed by atoms with van der Waals surface area (Å²) in [6.45, 7) is 0. The van der Waals surface area contributed by atoms with Crippen molar-refractivity contribution >= 4 is 17.3 Å². The minimum absolute atomic E-state index is 0.0889. The summed E-state index contributed by atoms with van der Waals surface area (Å²) in [6.07, 6.45) is 5.62. The molecule has 0 fully saturated rings. The number of rotatable bonds is 4. The summed E-state index contributed by atoms with van der Waals surface area (Å²) in [5, 5.41) is 6.78. The number of nitrogens with one attached hydrogen (secondary N) is 2. The molecule has 4 heteroatoms. The van der Waals surface area contributed by atoms with Gasteiger partial charge in [0.2, 0.25) is 0 Å². The Kier molecular flexibility index (Phi) is 4.75. The fourth-order valence-electron chi connectivity index (χ4n) is 4.61. The molecule has 1 amide bonds. The molecule has 4 nitrogen and oxygen atoms in total. The Morgan fingerprint density at radius 3 is 2.60 bits per heavy atom. The van der Waals surface area contributed by atoms with E-state index in [-0.39, 0.29) is 11.9 Å². The van der Waals surface area contributed by atoms with Gasteiger partial charge >= 0.3 is 0 Å².